The van der Waals surface area contributed by atoms with Crippen LogP contribution in [0.15, 0.2) is 208 Å². The van der Waals surface area contributed by atoms with Gasteiger partial charge in [-0.15, -0.1) is 56.7 Å². The molecule has 0 fully saturated rings. The predicted octanol–water partition coefficient (Wildman–Crippen LogP) is 16.6. The summed E-state index contributed by atoms with van der Waals surface area (Å²) >= 11 is 11.2. The molecule has 0 radical (unpaired) electrons. The Balaban J connectivity index is 0.000000174. The predicted molar refractivity (Wildman–Crippen MR) is 564 cm³/mol. The highest BCUT2D eigenvalue weighted by Gasteiger charge is 2.25. The van der Waals surface area contributed by atoms with E-state index in [2.05, 4.69) is 119 Å². The van der Waals surface area contributed by atoms with Crippen molar-refractivity contribution in [2.45, 2.75) is 85.5 Å². The number of nitrogens with one attached hydrogen (secondary N) is 2. The molecule has 0 unspecified atom stereocenters. The molecular formula is C101H110BrN17O16S5. The number of ether oxygens (including phenoxy) is 5. The zero-order valence-electron chi connectivity index (χ0n) is 77.9. The van der Waals surface area contributed by atoms with E-state index >= 15 is 0 Å². The van der Waals surface area contributed by atoms with Crippen molar-refractivity contribution in [1.29, 1.82) is 0 Å². The molecular weight excluding hydrogens is 1950 g/mol. The maximum atomic E-state index is 12.4. The molecule has 140 heavy (non-hydrogen) atoms. The number of nitrogens with two attached hydrogens (primary N) is 3. The minimum absolute atomic E-state index is 0.000712. The van der Waals surface area contributed by atoms with Gasteiger partial charge in [0, 0.05) is 132 Å². The summed E-state index contributed by atoms with van der Waals surface area (Å²) in [5.74, 6) is -0.266. The highest BCUT2D eigenvalue weighted by molar-refractivity contribution is 9.10. The van der Waals surface area contributed by atoms with Gasteiger partial charge in [-0.25, -0.2) is 24.5 Å². The van der Waals surface area contributed by atoms with Crippen molar-refractivity contribution in [2.75, 3.05) is 136 Å². The normalized spacial score (nSPS) is 11.6. The zero-order chi connectivity index (χ0) is 100. The zero-order valence-corrected chi connectivity index (χ0v) is 83.5. The number of nitrogen functional groups attached to an aromatic ring is 2. The number of anilines is 6. The first-order chi connectivity index (χ1) is 67.5. The van der Waals surface area contributed by atoms with Gasteiger partial charge in [-0.3, -0.25) is 19.4 Å². The van der Waals surface area contributed by atoms with Crippen LogP contribution in [0.2, 0.25) is 0 Å². The molecule has 7 aromatic carbocycles. The number of halogens is 1. The summed E-state index contributed by atoms with van der Waals surface area (Å²) in [6.45, 7) is 30.7. The van der Waals surface area contributed by atoms with Gasteiger partial charge in [0.25, 0.3) is 11.4 Å². The molecule has 8 aromatic heterocycles. The molecule has 15 aromatic rings. The minimum Gasteiger partial charge on any atom is -0.471 e. The fourth-order valence-electron chi connectivity index (χ4n) is 13.8. The van der Waals surface area contributed by atoms with Gasteiger partial charge >= 0.3 is 18.0 Å². The summed E-state index contributed by atoms with van der Waals surface area (Å²) in [4.78, 5) is 92.0. The van der Waals surface area contributed by atoms with Gasteiger partial charge in [0.1, 0.15) is 42.2 Å². The van der Waals surface area contributed by atoms with Crippen LogP contribution in [0.25, 0.3) is 83.4 Å². The SMILES string of the molecule is Brc1ccc2ccsc2c1.NCc1ccc(COc2nc(N)nc3nc[nH]c23)cc1.O=Cc1cc2ccc(N(CCO)CCO)cc2s1.OCCN(CCO)c1ccc2ccsc2c1.[C-]#[N+]/C(=C\c1cc2ccc(N(CCO)CCO)cc2s1)C(=O)OC(C)(C)C.[C-]#[N+]/C(=C\c1cc2ccc(N(CCO)CCOC(=O)NCc3ccc(COc4nc(N)nc5c4N=CC5)cc3)cc2s1)C(=O)OC(C)(C)C. The second-order valence-electron chi connectivity index (χ2n) is 32.9. The number of carbonyl (C=O) groups excluding carboxylic acids is 4. The van der Waals surface area contributed by atoms with Gasteiger partial charge in [0.15, 0.2) is 11.9 Å². The number of H-pyrrole nitrogens is 1. The molecule has 0 bridgehead atoms. The third kappa shape index (κ3) is 32.0. The molecule has 0 atom stereocenters. The van der Waals surface area contributed by atoms with E-state index in [0.717, 1.165) is 101 Å². The number of amides is 1. The standard InChI is InChI=1S/C35H37N7O6S.C20H24N2O4S.C13H14N6O.C13H15NO3S.C12H15NO2S.C8H5BrS/c1-35(2,3)48-32(44)28(37-4)19-26-17-24-9-10-25(18-29(24)49-26)42(13-15-43)14-16-46-34(45)39-20-22-5-7-23(8-6-22)21-47-31-30-27(11-12-38-30)40-33(36)41-31;1-20(2,3)26-19(25)17(21-4)13-16-11-14-5-6-15(12-18(14)27-16)22(7-9-23)8-10-24;14-5-8-1-3-9(4-2-8)6-20-12-10-11(17-7-16-10)18-13(15)19-12;15-5-3-14(4-6-16)11-2-1-10-7-12(9-17)18-13(10)8-11;14-6-4-13(5-7-15)11-2-1-10-3-8-16-12(10)9-11;9-7-2-1-6-3-4-10-8(6)5-7/h5-10,12,17-19,43H,11,13-16,20-21H2,1-3H3,(H,39,45)(H2,36,40,41);5-6,11-13,23-24H,7-10H2,1-3H3;1-4,7H,5-6,14H2,(H3,15,16,17,18,19);1-2,7-9,15-16H,3-6H2;1-3,8-9,14-15H,4-7H2;1-5H/b28-19-;17-13-;;;;. The Morgan fingerprint density at radius 3 is 1.36 bits per heavy atom. The molecule has 9 heterocycles. The third-order valence-corrected chi connectivity index (χ3v) is 25.8. The lowest BCUT2D eigenvalue weighted by Crippen LogP contribution is -2.32. The van der Waals surface area contributed by atoms with Crippen LogP contribution in [0.4, 0.5) is 45.1 Å². The molecule has 732 valence electrons. The highest BCUT2D eigenvalue weighted by Crippen LogP contribution is 2.38. The number of alkyl carbamates (subject to hydrolysis) is 1. The van der Waals surface area contributed by atoms with Crippen molar-refractivity contribution >= 4 is 217 Å². The largest absolute Gasteiger partial charge is 0.471 e. The lowest BCUT2D eigenvalue weighted by Gasteiger charge is -2.24. The monoisotopic (exact) mass is 2060 g/mol. The lowest BCUT2D eigenvalue weighted by molar-refractivity contribution is -0.150. The van der Waals surface area contributed by atoms with Gasteiger partial charge in [-0.05, 0) is 205 Å². The number of nitrogens with zero attached hydrogens (tertiary/aromatic N) is 12. The van der Waals surface area contributed by atoms with Gasteiger partial charge in [-0.1, -0.05) is 94.8 Å². The smallest absolute Gasteiger partial charge is 0.407 e. The molecule has 0 saturated heterocycles. The Morgan fingerprint density at radius 2 is 0.907 bits per heavy atom. The van der Waals surface area contributed by atoms with Crippen molar-refractivity contribution in [1.82, 2.24) is 35.2 Å². The molecule has 33 nitrogen and oxygen atoms in total. The van der Waals surface area contributed by atoms with Gasteiger partial charge in [0.05, 0.1) is 82.8 Å². The van der Waals surface area contributed by atoms with Crippen molar-refractivity contribution in [3.05, 3.63) is 268 Å². The van der Waals surface area contributed by atoms with Crippen LogP contribution in [0.3, 0.4) is 0 Å². The first kappa shape index (κ1) is 107. The van der Waals surface area contributed by atoms with Crippen molar-refractivity contribution < 1.29 is 78.6 Å². The van der Waals surface area contributed by atoms with Crippen LogP contribution in [-0.2, 0) is 56.5 Å². The number of hydrogen-bond acceptors (Lipinski definition) is 34. The Hall–Kier alpha value is -13.5. The van der Waals surface area contributed by atoms with Crippen LogP contribution >= 0.6 is 72.6 Å². The van der Waals surface area contributed by atoms with E-state index in [-0.39, 0.29) is 89.3 Å². The van der Waals surface area contributed by atoms with Crippen LogP contribution in [0.5, 0.6) is 11.8 Å². The van der Waals surface area contributed by atoms with E-state index in [4.69, 9.17) is 74.5 Å². The molecule has 15 N–H and O–H groups in total. The second-order valence-corrected chi connectivity index (χ2v) is 39.0. The van der Waals surface area contributed by atoms with E-state index in [0.29, 0.717) is 105 Å². The number of aromatic nitrogens is 6. The number of aliphatic imine (C=N–C) groups is 1. The number of aliphatic hydroxyl groups excluding tert-OH is 7. The van der Waals surface area contributed by atoms with Crippen molar-refractivity contribution in [3.63, 3.8) is 0 Å². The first-order valence-corrected chi connectivity index (χ1v) is 49.3. The van der Waals surface area contributed by atoms with E-state index in [1.165, 1.54) is 66.6 Å². The maximum Gasteiger partial charge on any atom is 0.407 e. The summed E-state index contributed by atoms with van der Waals surface area (Å²) in [5, 5.41) is 76.6. The summed E-state index contributed by atoms with van der Waals surface area (Å²) < 4.78 is 34.3. The number of benzene rings is 7. The van der Waals surface area contributed by atoms with Crippen LogP contribution < -0.4 is 51.6 Å². The molecule has 1 aliphatic rings. The topological polar surface area (TPSA) is 460 Å². The molecule has 1 amide bonds. The van der Waals surface area contributed by atoms with Crippen LogP contribution in [-0.4, -0.2) is 213 Å². The number of aliphatic hydroxyl groups is 7. The van der Waals surface area contributed by atoms with E-state index in [9.17, 15) is 34.5 Å². The summed E-state index contributed by atoms with van der Waals surface area (Å²) in [7, 11) is 0. The Kier molecular flexibility index (Phi) is 40.6. The molecule has 1 aliphatic heterocycles. The quantitative estimate of drug-likeness (QED) is 0.00577. The van der Waals surface area contributed by atoms with Gasteiger partial charge in [-0.2, -0.15) is 15.0 Å². The number of thiophene rings is 5. The summed E-state index contributed by atoms with van der Waals surface area (Å²) in [5.41, 5.74) is 25.6. The average Bonchev–Trinajstić information content (AvgIpc) is 1.65. The number of aromatic amines is 1. The number of aldehydes is 1. The first-order valence-electron chi connectivity index (χ1n) is 44.3. The fraction of sp³-hybridized carbons (Fsp3) is 0.287. The van der Waals surface area contributed by atoms with Crippen molar-refractivity contribution in [2.24, 2.45) is 10.7 Å². The van der Waals surface area contributed by atoms with Gasteiger partial charge < -0.3 is 107 Å². The van der Waals surface area contributed by atoms with E-state index in [1.807, 2.05) is 147 Å². The molecule has 0 saturated carbocycles. The van der Waals surface area contributed by atoms with E-state index < -0.39 is 29.2 Å². The molecule has 0 spiro atoms. The number of esters is 2. The van der Waals surface area contributed by atoms with E-state index in [1.54, 1.807) is 76.5 Å². The minimum atomic E-state index is -0.702. The third-order valence-electron chi connectivity index (χ3n) is 20.4. The Morgan fingerprint density at radius 1 is 0.500 bits per heavy atom. The molecule has 0 aliphatic carbocycles. The number of rotatable bonds is 35. The Bertz CT molecular complexity index is 6820. The number of hydrogen-bond donors (Lipinski definition) is 12. The van der Waals surface area contributed by atoms with Crippen molar-refractivity contribution in [3.8, 4) is 11.8 Å². The fourth-order valence-corrected chi connectivity index (χ4v) is 19.0. The number of imidazole rings is 1. The number of fused-ring (bicyclic) bond motifs is 7. The average molecular weight is 2060 g/mol. The number of carbonyl (C=O) groups is 4. The van der Waals surface area contributed by atoms with Gasteiger partial charge in [0.2, 0.25) is 23.7 Å². The summed E-state index contributed by atoms with van der Waals surface area (Å²) in [6.07, 6.45) is 7.25. The lowest BCUT2D eigenvalue weighted by atomic mass is 10.1. The molecule has 16 rings (SSSR count). The summed E-state index contributed by atoms with van der Waals surface area (Å²) in [6, 6.07) is 55.4. The molecule has 39 heteroatoms. The van der Waals surface area contributed by atoms with Crippen LogP contribution in [0, 0.1) is 13.1 Å². The highest BCUT2D eigenvalue weighted by atomic mass is 79.9. The maximum absolute atomic E-state index is 12.4. The Labute approximate surface area is 837 Å². The van der Waals surface area contributed by atoms with Crippen LogP contribution in [0.1, 0.15) is 88.9 Å². The second kappa shape index (κ2) is 53.1.